The molecule has 8 bridgehead atoms. The second kappa shape index (κ2) is 13.9. The molecule has 6 nitrogen and oxygen atoms in total. The minimum atomic E-state index is -0.752. The summed E-state index contributed by atoms with van der Waals surface area (Å²) in [5, 5.41) is 11.2. The molecule has 5 aromatic rings. The van der Waals surface area contributed by atoms with Crippen molar-refractivity contribution in [1.82, 2.24) is 19.9 Å². The van der Waals surface area contributed by atoms with Crippen LogP contribution in [0.15, 0.2) is 60.7 Å². The number of carbonyl (C=O) groups excluding carboxylic acids is 1. The highest BCUT2D eigenvalue weighted by molar-refractivity contribution is 5.98. The van der Waals surface area contributed by atoms with E-state index in [9.17, 15) is 9.90 Å². The van der Waals surface area contributed by atoms with Gasteiger partial charge in [-0.2, -0.15) is 0 Å². The Morgan fingerprint density at radius 3 is 1.46 bits per heavy atom. The summed E-state index contributed by atoms with van der Waals surface area (Å²) < 4.78 is 0. The normalized spacial score (nSPS) is 14.0. The molecule has 0 saturated carbocycles. The highest BCUT2D eigenvalue weighted by Crippen LogP contribution is 2.40. The average Bonchev–Trinajstić information content (AvgIpc) is 3.93. The van der Waals surface area contributed by atoms with Crippen molar-refractivity contribution >= 4 is 52.7 Å². The van der Waals surface area contributed by atoms with Crippen molar-refractivity contribution in [2.45, 2.75) is 118 Å². The number of aliphatic hydroxyl groups excluding tert-OH is 1. The van der Waals surface area contributed by atoms with Crippen LogP contribution in [0.2, 0.25) is 0 Å². The number of carbonyl (C=O) groups is 1. The molecule has 0 radical (unpaired) electrons. The smallest absolute Gasteiger partial charge is 0.154 e. The van der Waals surface area contributed by atoms with Crippen molar-refractivity contribution in [3.63, 3.8) is 0 Å². The van der Waals surface area contributed by atoms with E-state index >= 15 is 0 Å². The number of rotatable bonds is 4. The van der Waals surface area contributed by atoms with Crippen LogP contribution in [0.5, 0.6) is 0 Å². The molecule has 2 aliphatic rings. The van der Waals surface area contributed by atoms with Crippen molar-refractivity contribution in [3.05, 3.63) is 117 Å². The van der Waals surface area contributed by atoms with Crippen LogP contribution in [-0.2, 0) is 21.7 Å². The molecule has 57 heavy (non-hydrogen) atoms. The van der Waals surface area contributed by atoms with Crippen LogP contribution >= 0.6 is 0 Å². The van der Waals surface area contributed by atoms with Gasteiger partial charge in [-0.15, -0.1) is 0 Å². The Morgan fingerprint density at radius 2 is 0.965 bits per heavy atom. The number of H-pyrrole nitrogens is 2. The standard InChI is InChI=1S/C51H58N4O2/c1-29(57)37-27-45-47(31-22-34(50(8,9)10)25-35(23-31)51(11,12)13)43-19-17-40(54-43)38(28-56)39-16-18-42(53-39)46(41-15-14-36(52-41)26-44(37)55-45)30-20-32(48(2,3)4)24-33(21-30)49(5,6)7/h14-29,53,55,57H,1-13H3. The Hall–Kier alpha value is -5.33. The second-order valence-corrected chi connectivity index (χ2v) is 20.0. The SMILES string of the molecule is CC(O)c1cc2[nH]c1cc1nc(c(-c3cc(C(C)(C)C)cc(C(C)(C)C)c3)c3ccc([nH]3)c(C=O)c3nc(c2-c2cc(C(C)(C)C)cc(C(C)(C)C)c2)C=C3)C=C1. The van der Waals surface area contributed by atoms with Gasteiger partial charge in [-0.3, -0.25) is 4.79 Å². The molecule has 5 heterocycles. The van der Waals surface area contributed by atoms with Gasteiger partial charge in [0.1, 0.15) is 0 Å². The average molecular weight is 759 g/mol. The Balaban J connectivity index is 1.64. The number of aliphatic hydroxyl groups is 1. The van der Waals surface area contributed by atoms with Crippen molar-refractivity contribution in [2.24, 2.45) is 0 Å². The Kier molecular flexibility index (Phi) is 9.76. The van der Waals surface area contributed by atoms with E-state index in [2.05, 4.69) is 136 Å². The largest absolute Gasteiger partial charge is 0.389 e. The quantitative estimate of drug-likeness (QED) is 0.156. The minimum absolute atomic E-state index is 0.0885. The van der Waals surface area contributed by atoms with Crippen LogP contribution in [0.1, 0.15) is 157 Å². The Bertz CT molecular complexity index is 2590. The van der Waals surface area contributed by atoms with Gasteiger partial charge in [-0.05, 0) is 111 Å². The summed E-state index contributed by atoms with van der Waals surface area (Å²) in [4.78, 5) is 30.9. The second-order valence-electron chi connectivity index (χ2n) is 20.0. The summed E-state index contributed by atoms with van der Waals surface area (Å²) in [7, 11) is 0. The summed E-state index contributed by atoms with van der Waals surface area (Å²) in [6.45, 7) is 28.7. The van der Waals surface area contributed by atoms with E-state index in [1.807, 2.05) is 42.5 Å². The molecule has 0 fully saturated rings. The zero-order valence-corrected chi connectivity index (χ0v) is 36.0. The van der Waals surface area contributed by atoms with E-state index in [1.165, 1.54) is 22.3 Å². The number of benzene rings is 2. The third kappa shape index (κ3) is 7.85. The fourth-order valence-corrected chi connectivity index (χ4v) is 7.60. The van der Waals surface area contributed by atoms with Gasteiger partial charge >= 0.3 is 0 Å². The number of aromatic amines is 2. The number of nitrogens with one attached hydrogen (secondary N) is 2. The van der Waals surface area contributed by atoms with Gasteiger partial charge in [0, 0.05) is 33.2 Å². The predicted molar refractivity (Wildman–Crippen MR) is 241 cm³/mol. The number of hydrogen-bond donors (Lipinski definition) is 3. The molecule has 294 valence electrons. The summed E-state index contributed by atoms with van der Waals surface area (Å²) >= 11 is 0. The summed E-state index contributed by atoms with van der Waals surface area (Å²) in [5.41, 5.74) is 15.6. The maximum atomic E-state index is 13.1. The van der Waals surface area contributed by atoms with Crippen molar-refractivity contribution in [2.75, 3.05) is 0 Å². The van der Waals surface area contributed by atoms with Gasteiger partial charge in [0.25, 0.3) is 0 Å². The zero-order chi connectivity index (χ0) is 41.4. The molecule has 2 aromatic carbocycles. The Morgan fingerprint density at radius 1 is 0.526 bits per heavy atom. The Labute approximate surface area is 338 Å². The summed E-state index contributed by atoms with van der Waals surface area (Å²) in [5.74, 6) is 0. The first-order valence-corrected chi connectivity index (χ1v) is 20.1. The molecular formula is C51H58N4O2. The van der Waals surface area contributed by atoms with Gasteiger partial charge in [0.05, 0.1) is 40.0 Å². The lowest BCUT2D eigenvalue weighted by Gasteiger charge is -2.26. The van der Waals surface area contributed by atoms with E-state index in [0.717, 1.165) is 67.7 Å². The number of fused-ring (bicyclic) bond motifs is 8. The molecule has 6 heteroatoms. The fourth-order valence-electron chi connectivity index (χ4n) is 7.60. The van der Waals surface area contributed by atoms with Gasteiger partial charge in [0.2, 0.25) is 0 Å². The molecule has 0 saturated heterocycles. The molecule has 0 spiro atoms. The monoisotopic (exact) mass is 758 g/mol. The highest BCUT2D eigenvalue weighted by Gasteiger charge is 2.25. The van der Waals surface area contributed by atoms with Gasteiger partial charge in [0.15, 0.2) is 6.29 Å². The molecule has 3 N–H and O–H groups in total. The third-order valence-electron chi connectivity index (χ3n) is 11.3. The van der Waals surface area contributed by atoms with E-state index in [0.29, 0.717) is 16.8 Å². The first kappa shape index (κ1) is 39.9. The van der Waals surface area contributed by atoms with Crippen LogP contribution in [0.3, 0.4) is 0 Å². The molecule has 0 amide bonds. The van der Waals surface area contributed by atoms with E-state index in [-0.39, 0.29) is 21.7 Å². The minimum Gasteiger partial charge on any atom is -0.389 e. The number of aldehydes is 1. The predicted octanol–water partition coefficient (Wildman–Crippen LogP) is 13.0. The van der Waals surface area contributed by atoms with Crippen LogP contribution in [0, 0.1) is 0 Å². The summed E-state index contributed by atoms with van der Waals surface area (Å²) in [6, 6.07) is 21.8. The summed E-state index contributed by atoms with van der Waals surface area (Å²) in [6.07, 6.45) is 8.16. The molecule has 3 aromatic heterocycles. The van der Waals surface area contributed by atoms with E-state index in [4.69, 9.17) is 9.97 Å². The first-order valence-electron chi connectivity index (χ1n) is 20.1. The van der Waals surface area contributed by atoms with Gasteiger partial charge in [-0.1, -0.05) is 119 Å². The van der Waals surface area contributed by atoms with Crippen LogP contribution in [0.25, 0.3) is 68.6 Å². The number of aromatic nitrogens is 4. The van der Waals surface area contributed by atoms with Crippen molar-refractivity contribution in [1.29, 1.82) is 0 Å². The molecule has 1 unspecified atom stereocenters. The lowest BCUT2D eigenvalue weighted by atomic mass is 9.78. The van der Waals surface area contributed by atoms with Gasteiger partial charge in [-0.25, -0.2) is 9.97 Å². The highest BCUT2D eigenvalue weighted by atomic mass is 16.3. The molecule has 0 aliphatic carbocycles. The fraction of sp³-hybridized carbons (Fsp3) is 0.353. The van der Waals surface area contributed by atoms with E-state index < -0.39 is 6.10 Å². The first-order chi connectivity index (χ1) is 26.5. The number of hydrogen-bond acceptors (Lipinski definition) is 4. The van der Waals surface area contributed by atoms with Crippen molar-refractivity contribution in [3.8, 4) is 22.3 Å². The maximum absolute atomic E-state index is 13.1. The lowest BCUT2D eigenvalue weighted by molar-refractivity contribution is 0.112. The van der Waals surface area contributed by atoms with Crippen LogP contribution in [-0.4, -0.2) is 31.3 Å². The maximum Gasteiger partial charge on any atom is 0.154 e. The van der Waals surface area contributed by atoms with Crippen LogP contribution in [0.4, 0.5) is 0 Å². The van der Waals surface area contributed by atoms with Crippen LogP contribution < -0.4 is 0 Å². The van der Waals surface area contributed by atoms with Crippen molar-refractivity contribution < 1.29 is 9.90 Å². The molecule has 2 aliphatic heterocycles. The molecule has 7 rings (SSSR count). The molecule has 1 atom stereocenters. The topological polar surface area (TPSA) is 94.7 Å². The lowest BCUT2D eigenvalue weighted by Crippen LogP contribution is -2.16. The third-order valence-corrected chi connectivity index (χ3v) is 11.3. The zero-order valence-electron chi connectivity index (χ0n) is 36.0. The van der Waals surface area contributed by atoms with E-state index in [1.54, 1.807) is 6.92 Å². The molecular weight excluding hydrogens is 701 g/mol. The van der Waals surface area contributed by atoms with Gasteiger partial charge < -0.3 is 15.1 Å². The number of nitrogens with zero attached hydrogens (tertiary/aromatic N) is 2.